The number of amides is 2. The van der Waals surface area contributed by atoms with Gasteiger partial charge in [-0.3, -0.25) is 9.59 Å². The molecule has 0 bridgehead atoms. The topological polar surface area (TPSA) is 78.4 Å². The molecule has 3 N–H and O–H groups in total. The molecular formula is C16H21BrN2O3S. The fourth-order valence-corrected chi connectivity index (χ4v) is 3.71. The van der Waals surface area contributed by atoms with Crippen LogP contribution in [0, 0.1) is 12.8 Å². The molecule has 0 spiro atoms. The van der Waals surface area contributed by atoms with Gasteiger partial charge in [0.25, 0.3) is 0 Å². The van der Waals surface area contributed by atoms with Crippen LogP contribution in [0.4, 0.5) is 0 Å². The van der Waals surface area contributed by atoms with E-state index in [0.29, 0.717) is 24.5 Å². The Labute approximate surface area is 148 Å². The molecule has 0 saturated carbocycles. The van der Waals surface area contributed by atoms with Gasteiger partial charge in [-0.15, -0.1) is 11.8 Å². The average Bonchev–Trinajstić information content (AvgIpc) is 2.55. The van der Waals surface area contributed by atoms with Crippen molar-refractivity contribution in [2.24, 2.45) is 5.92 Å². The summed E-state index contributed by atoms with van der Waals surface area (Å²) in [7, 11) is 0. The van der Waals surface area contributed by atoms with Gasteiger partial charge in [0.2, 0.25) is 11.8 Å². The van der Waals surface area contributed by atoms with Gasteiger partial charge in [0, 0.05) is 29.3 Å². The maximum atomic E-state index is 12.1. The number of hydrogen-bond donors (Lipinski definition) is 3. The van der Waals surface area contributed by atoms with E-state index in [1.165, 1.54) is 11.8 Å². The highest BCUT2D eigenvalue weighted by molar-refractivity contribution is 9.10. The van der Waals surface area contributed by atoms with Crippen molar-refractivity contribution >= 4 is 39.5 Å². The van der Waals surface area contributed by atoms with Crippen LogP contribution in [0.3, 0.4) is 0 Å². The summed E-state index contributed by atoms with van der Waals surface area (Å²) >= 11 is 4.96. The maximum absolute atomic E-state index is 12.1. The summed E-state index contributed by atoms with van der Waals surface area (Å²) in [5, 5.41) is 15.1. The molecule has 2 amide bonds. The average molecular weight is 401 g/mol. The number of hydrogen-bond acceptors (Lipinski definition) is 4. The maximum Gasteiger partial charge on any atom is 0.243 e. The van der Waals surface area contributed by atoms with E-state index in [0.717, 1.165) is 15.6 Å². The second-order valence-corrected chi connectivity index (χ2v) is 7.54. The molecule has 0 aliphatic carbocycles. The van der Waals surface area contributed by atoms with Crippen LogP contribution in [0.25, 0.3) is 0 Å². The smallest absolute Gasteiger partial charge is 0.243 e. The van der Waals surface area contributed by atoms with Crippen LogP contribution >= 0.6 is 27.7 Å². The van der Waals surface area contributed by atoms with Crippen molar-refractivity contribution in [1.82, 2.24) is 10.6 Å². The largest absolute Gasteiger partial charge is 0.396 e. The van der Waals surface area contributed by atoms with Crippen LogP contribution in [-0.4, -0.2) is 47.6 Å². The van der Waals surface area contributed by atoms with Crippen LogP contribution in [0.5, 0.6) is 0 Å². The number of rotatable bonds is 6. The van der Waals surface area contributed by atoms with Gasteiger partial charge in [0.05, 0.1) is 5.75 Å². The normalized spacial score (nSPS) is 19.1. The number of aliphatic hydroxyl groups is 1. The number of aliphatic hydroxyl groups excluding tert-OH is 1. The van der Waals surface area contributed by atoms with Gasteiger partial charge < -0.3 is 15.7 Å². The highest BCUT2D eigenvalue weighted by Crippen LogP contribution is 2.21. The summed E-state index contributed by atoms with van der Waals surface area (Å²) < 4.78 is 1.04. The molecule has 1 aliphatic rings. The monoisotopic (exact) mass is 400 g/mol. The molecule has 0 radical (unpaired) electrons. The van der Waals surface area contributed by atoms with Gasteiger partial charge in [0.15, 0.2) is 0 Å². The quantitative estimate of drug-likeness (QED) is 0.671. The van der Waals surface area contributed by atoms with Crippen LogP contribution in [0.15, 0.2) is 22.7 Å². The van der Waals surface area contributed by atoms with Gasteiger partial charge >= 0.3 is 0 Å². The summed E-state index contributed by atoms with van der Waals surface area (Å²) in [5.74, 6) is 0.649. The minimum atomic E-state index is -0.479. The fraction of sp³-hybridized carbons (Fsp3) is 0.500. The molecule has 2 rings (SSSR count). The Kier molecular flexibility index (Phi) is 6.92. The van der Waals surface area contributed by atoms with Gasteiger partial charge in [0.1, 0.15) is 6.04 Å². The third kappa shape index (κ3) is 5.22. The van der Waals surface area contributed by atoms with Crippen LogP contribution < -0.4 is 10.6 Å². The predicted molar refractivity (Wildman–Crippen MR) is 95.4 cm³/mol. The molecule has 0 aromatic heterocycles. The minimum absolute atomic E-state index is 0.00198. The van der Waals surface area contributed by atoms with Crippen molar-refractivity contribution in [3.05, 3.63) is 33.8 Å². The molecule has 1 aliphatic heterocycles. The second-order valence-electron chi connectivity index (χ2n) is 5.66. The van der Waals surface area contributed by atoms with Gasteiger partial charge in [-0.2, -0.15) is 0 Å². The lowest BCUT2D eigenvalue weighted by molar-refractivity contribution is -0.127. The molecule has 1 aromatic carbocycles. The second kappa shape index (κ2) is 8.70. The van der Waals surface area contributed by atoms with E-state index in [1.54, 1.807) is 0 Å². The molecule has 1 aromatic rings. The summed E-state index contributed by atoms with van der Waals surface area (Å²) in [6, 6.07) is 5.50. The number of carbonyl (C=O) groups excluding carboxylic acids is 2. The van der Waals surface area contributed by atoms with Crippen molar-refractivity contribution in [3.63, 3.8) is 0 Å². The summed E-state index contributed by atoms with van der Waals surface area (Å²) in [4.78, 5) is 23.4. The van der Waals surface area contributed by atoms with Crippen molar-refractivity contribution < 1.29 is 14.7 Å². The molecule has 1 fully saturated rings. The van der Waals surface area contributed by atoms with E-state index in [4.69, 9.17) is 0 Å². The van der Waals surface area contributed by atoms with E-state index in [1.807, 2.05) is 25.1 Å². The number of thioether (sulfide) groups is 1. The first kappa shape index (κ1) is 18.3. The van der Waals surface area contributed by atoms with E-state index in [2.05, 4.69) is 26.6 Å². The first-order valence-corrected chi connectivity index (χ1v) is 9.45. The van der Waals surface area contributed by atoms with Crippen molar-refractivity contribution in [2.75, 3.05) is 24.7 Å². The van der Waals surface area contributed by atoms with Crippen molar-refractivity contribution in [2.45, 2.75) is 19.4 Å². The standard InChI is InChI=1S/C16H21BrN2O3S/c1-10-12(3-2-4-13(10)17)5-11(7-20)6-18-16(22)14-8-23-9-15(21)19-14/h2-4,11,14,20H,5-9H2,1H3,(H,18,22)(H,19,21)/t11?,14-/m0/s1. The van der Waals surface area contributed by atoms with Crippen LogP contribution in [0.1, 0.15) is 11.1 Å². The number of benzene rings is 1. The van der Waals surface area contributed by atoms with Crippen LogP contribution in [0.2, 0.25) is 0 Å². The van der Waals surface area contributed by atoms with Gasteiger partial charge in [-0.25, -0.2) is 0 Å². The highest BCUT2D eigenvalue weighted by Gasteiger charge is 2.25. The minimum Gasteiger partial charge on any atom is -0.396 e. The molecular weight excluding hydrogens is 380 g/mol. The lowest BCUT2D eigenvalue weighted by atomic mass is 9.96. The first-order valence-electron chi connectivity index (χ1n) is 7.51. The molecule has 1 heterocycles. The Morgan fingerprint density at radius 2 is 2.35 bits per heavy atom. The zero-order chi connectivity index (χ0) is 16.8. The molecule has 1 saturated heterocycles. The highest BCUT2D eigenvalue weighted by atomic mass is 79.9. The van der Waals surface area contributed by atoms with Gasteiger partial charge in [-0.1, -0.05) is 28.1 Å². The number of nitrogens with one attached hydrogen (secondary N) is 2. The van der Waals surface area contributed by atoms with Gasteiger partial charge in [-0.05, 0) is 30.5 Å². The Balaban J connectivity index is 1.88. The Morgan fingerprint density at radius 3 is 3.04 bits per heavy atom. The lowest BCUT2D eigenvalue weighted by Crippen LogP contribution is -2.52. The van der Waals surface area contributed by atoms with E-state index < -0.39 is 6.04 Å². The Bertz CT molecular complexity index is 582. The molecule has 2 atom stereocenters. The zero-order valence-electron chi connectivity index (χ0n) is 13.0. The summed E-state index contributed by atoms with van der Waals surface area (Å²) in [6.07, 6.45) is 0.688. The predicted octanol–water partition coefficient (Wildman–Crippen LogP) is 1.26. The van der Waals surface area contributed by atoms with Crippen molar-refractivity contribution in [3.8, 4) is 0 Å². The van der Waals surface area contributed by atoms with E-state index in [-0.39, 0.29) is 24.3 Å². The lowest BCUT2D eigenvalue weighted by Gasteiger charge is -2.23. The molecule has 1 unspecified atom stereocenters. The molecule has 5 nitrogen and oxygen atoms in total. The third-order valence-electron chi connectivity index (χ3n) is 3.88. The number of halogens is 1. The van der Waals surface area contributed by atoms with Crippen molar-refractivity contribution in [1.29, 1.82) is 0 Å². The van der Waals surface area contributed by atoms with E-state index >= 15 is 0 Å². The zero-order valence-corrected chi connectivity index (χ0v) is 15.4. The first-order chi connectivity index (χ1) is 11.0. The SMILES string of the molecule is Cc1c(Br)cccc1CC(CO)CNC(=O)[C@@H]1CSCC(=O)N1. The molecule has 23 heavy (non-hydrogen) atoms. The number of carbonyl (C=O) groups is 2. The fourth-order valence-electron chi connectivity index (χ4n) is 2.44. The molecule has 126 valence electrons. The van der Waals surface area contributed by atoms with E-state index in [9.17, 15) is 14.7 Å². The Morgan fingerprint density at radius 1 is 1.57 bits per heavy atom. The third-order valence-corrected chi connectivity index (χ3v) is 5.78. The van der Waals surface area contributed by atoms with Crippen LogP contribution in [-0.2, 0) is 16.0 Å². The Hall–Kier alpha value is -1.05. The summed E-state index contributed by atoms with van der Waals surface area (Å²) in [6.45, 7) is 2.41. The summed E-state index contributed by atoms with van der Waals surface area (Å²) in [5.41, 5.74) is 2.29. The molecule has 7 heteroatoms.